The van der Waals surface area contributed by atoms with E-state index in [0.29, 0.717) is 36.9 Å². The van der Waals surface area contributed by atoms with Crippen molar-refractivity contribution in [3.05, 3.63) is 23.8 Å². The molecule has 2 N–H and O–H groups in total. The minimum Gasteiger partial charge on any atom is -0.490 e. The van der Waals surface area contributed by atoms with Crippen molar-refractivity contribution in [2.45, 2.75) is 38.3 Å². The highest BCUT2D eigenvalue weighted by Crippen LogP contribution is 2.31. The highest BCUT2D eigenvalue weighted by molar-refractivity contribution is 5.95. The Balaban J connectivity index is 1.65. The smallest absolute Gasteiger partial charge is 0.341 e. The third-order valence-electron chi connectivity index (χ3n) is 4.34. The van der Waals surface area contributed by atoms with Crippen molar-refractivity contribution in [1.82, 2.24) is 10.2 Å². The molecule has 0 spiro atoms. The molecule has 2 aliphatic rings. The number of aliphatic carboxylic acids is 1. The van der Waals surface area contributed by atoms with Crippen LogP contribution in [0.3, 0.4) is 0 Å². The van der Waals surface area contributed by atoms with Crippen LogP contribution in [0.25, 0.3) is 0 Å². The van der Waals surface area contributed by atoms with E-state index in [1.54, 1.807) is 13.0 Å². The second-order valence-electron chi connectivity index (χ2n) is 6.43. The minimum absolute atomic E-state index is 0.0882. The van der Waals surface area contributed by atoms with Crippen LogP contribution >= 0.6 is 0 Å². The predicted octanol–water partition coefficient (Wildman–Crippen LogP) is 1.04. The number of carbonyl (C=O) groups is 3. The molecule has 26 heavy (non-hydrogen) atoms. The van der Waals surface area contributed by atoms with Crippen molar-refractivity contribution in [2.24, 2.45) is 0 Å². The molecule has 1 saturated heterocycles. The quantitative estimate of drug-likeness (QED) is 0.716. The number of nitrogens with zero attached hydrogens (tertiary/aromatic N) is 1. The van der Waals surface area contributed by atoms with Crippen LogP contribution in [0.4, 0.5) is 0 Å². The maximum absolute atomic E-state index is 12.5. The summed E-state index contributed by atoms with van der Waals surface area (Å²) >= 11 is 0. The van der Waals surface area contributed by atoms with Crippen molar-refractivity contribution >= 4 is 17.8 Å². The molecule has 1 heterocycles. The van der Waals surface area contributed by atoms with Gasteiger partial charge >= 0.3 is 5.97 Å². The van der Waals surface area contributed by atoms with Crippen LogP contribution in [0.2, 0.25) is 0 Å². The Kier molecular flexibility index (Phi) is 5.29. The van der Waals surface area contributed by atoms with Crippen LogP contribution < -0.4 is 14.8 Å². The Morgan fingerprint density at radius 2 is 2.04 bits per heavy atom. The number of nitrogens with one attached hydrogen (secondary N) is 1. The van der Waals surface area contributed by atoms with Gasteiger partial charge in [0, 0.05) is 24.6 Å². The summed E-state index contributed by atoms with van der Waals surface area (Å²) in [5, 5.41) is 11.6. The summed E-state index contributed by atoms with van der Waals surface area (Å²) in [6.45, 7) is 2.19. The SMILES string of the molecule is CCOc1cc(C(=O)NC2CC(=O)N(C3CC3)C2)ccc1OCC(=O)O. The third-order valence-corrected chi connectivity index (χ3v) is 4.34. The fourth-order valence-corrected chi connectivity index (χ4v) is 3.01. The van der Waals surface area contributed by atoms with Crippen LogP contribution in [-0.2, 0) is 9.59 Å². The molecule has 0 radical (unpaired) electrons. The highest BCUT2D eigenvalue weighted by Gasteiger charge is 2.39. The van der Waals surface area contributed by atoms with E-state index >= 15 is 0 Å². The normalized spacial score (nSPS) is 19.3. The van der Waals surface area contributed by atoms with Gasteiger partial charge in [0.2, 0.25) is 5.91 Å². The summed E-state index contributed by atoms with van der Waals surface area (Å²) < 4.78 is 10.6. The van der Waals surface area contributed by atoms with Crippen molar-refractivity contribution < 1.29 is 29.0 Å². The molecule has 1 unspecified atom stereocenters. The monoisotopic (exact) mass is 362 g/mol. The summed E-state index contributed by atoms with van der Waals surface area (Å²) in [4.78, 5) is 37.0. The van der Waals surface area contributed by atoms with Crippen LogP contribution in [0.5, 0.6) is 11.5 Å². The lowest BCUT2D eigenvalue weighted by atomic mass is 10.1. The summed E-state index contributed by atoms with van der Waals surface area (Å²) in [6.07, 6.45) is 2.41. The maximum Gasteiger partial charge on any atom is 0.341 e. The van der Waals surface area contributed by atoms with Crippen LogP contribution in [0.1, 0.15) is 36.5 Å². The van der Waals surface area contributed by atoms with Gasteiger partial charge in [-0.3, -0.25) is 9.59 Å². The molecule has 0 bridgehead atoms. The van der Waals surface area contributed by atoms with E-state index < -0.39 is 12.6 Å². The number of benzene rings is 1. The third kappa shape index (κ3) is 4.25. The van der Waals surface area contributed by atoms with Gasteiger partial charge in [0.25, 0.3) is 5.91 Å². The molecule has 1 aromatic rings. The van der Waals surface area contributed by atoms with Crippen molar-refractivity contribution in [3.8, 4) is 11.5 Å². The van der Waals surface area contributed by atoms with E-state index in [2.05, 4.69) is 5.32 Å². The van der Waals surface area contributed by atoms with Crippen molar-refractivity contribution in [1.29, 1.82) is 0 Å². The van der Waals surface area contributed by atoms with Crippen molar-refractivity contribution in [2.75, 3.05) is 19.8 Å². The molecular weight excluding hydrogens is 340 g/mol. The van der Waals surface area contributed by atoms with Gasteiger partial charge in [0.05, 0.1) is 12.6 Å². The average Bonchev–Trinajstić information content (AvgIpc) is 3.37. The number of carboxylic acid groups (broad SMARTS) is 1. The molecule has 1 aliphatic heterocycles. The van der Waals surface area contributed by atoms with Gasteiger partial charge in [0.1, 0.15) is 0 Å². The molecule has 140 valence electrons. The van der Waals surface area contributed by atoms with E-state index in [1.807, 2.05) is 4.90 Å². The first-order valence-corrected chi connectivity index (χ1v) is 8.69. The minimum atomic E-state index is -1.10. The van der Waals surface area contributed by atoms with Gasteiger partial charge in [-0.15, -0.1) is 0 Å². The zero-order chi connectivity index (χ0) is 18.7. The molecule has 1 aromatic carbocycles. The number of hydrogen-bond acceptors (Lipinski definition) is 5. The number of amides is 2. The lowest BCUT2D eigenvalue weighted by molar-refractivity contribution is -0.139. The maximum atomic E-state index is 12.5. The molecule has 3 rings (SSSR count). The zero-order valence-corrected chi connectivity index (χ0v) is 14.6. The van der Waals surface area contributed by atoms with E-state index in [1.165, 1.54) is 12.1 Å². The van der Waals surface area contributed by atoms with E-state index in [0.717, 1.165) is 12.8 Å². The van der Waals surface area contributed by atoms with Gasteiger partial charge in [0.15, 0.2) is 18.1 Å². The molecule has 2 amide bonds. The first-order chi connectivity index (χ1) is 12.5. The van der Waals surface area contributed by atoms with Gasteiger partial charge in [-0.2, -0.15) is 0 Å². The Hall–Kier alpha value is -2.77. The number of carboxylic acids is 1. The Bertz CT molecular complexity index is 716. The molecule has 8 nitrogen and oxygen atoms in total. The van der Waals surface area contributed by atoms with E-state index in [4.69, 9.17) is 14.6 Å². The Labute approximate surface area is 151 Å². The number of hydrogen-bond donors (Lipinski definition) is 2. The molecule has 0 aromatic heterocycles. The fraction of sp³-hybridized carbons (Fsp3) is 0.500. The van der Waals surface area contributed by atoms with Crippen LogP contribution in [-0.4, -0.2) is 59.6 Å². The first-order valence-electron chi connectivity index (χ1n) is 8.69. The van der Waals surface area contributed by atoms with Gasteiger partial charge in [-0.1, -0.05) is 0 Å². The molecular formula is C18H22N2O6. The molecule has 2 fully saturated rings. The Morgan fingerprint density at radius 1 is 1.27 bits per heavy atom. The van der Waals surface area contributed by atoms with Gasteiger partial charge < -0.3 is 24.8 Å². The molecule has 8 heteroatoms. The highest BCUT2D eigenvalue weighted by atomic mass is 16.5. The zero-order valence-electron chi connectivity index (χ0n) is 14.6. The van der Waals surface area contributed by atoms with Crippen molar-refractivity contribution in [3.63, 3.8) is 0 Å². The summed E-state index contributed by atoms with van der Waals surface area (Å²) in [5.74, 6) is -0.734. The largest absolute Gasteiger partial charge is 0.490 e. The molecule has 1 aliphatic carbocycles. The summed E-state index contributed by atoms with van der Waals surface area (Å²) in [7, 11) is 0. The summed E-state index contributed by atoms with van der Waals surface area (Å²) in [5.41, 5.74) is 0.369. The predicted molar refractivity (Wildman–Crippen MR) is 91.3 cm³/mol. The van der Waals surface area contributed by atoms with Gasteiger partial charge in [-0.25, -0.2) is 4.79 Å². The Morgan fingerprint density at radius 3 is 2.69 bits per heavy atom. The lowest BCUT2D eigenvalue weighted by Crippen LogP contribution is -2.37. The molecule has 1 saturated carbocycles. The summed E-state index contributed by atoms with van der Waals surface area (Å²) in [6, 6.07) is 4.73. The standard InChI is InChI=1S/C18H22N2O6/c1-2-25-15-7-11(3-6-14(15)26-10-17(22)23)18(24)19-12-8-16(21)20(9-12)13-4-5-13/h3,6-7,12-13H,2,4-5,8-10H2,1H3,(H,19,24)(H,22,23). The average molecular weight is 362 g/mol. The fourth-order valence-electron chi connectivity index (χ4n) is 3.01. The number of likely N-dealkylation sites (tertiary alicyclic amines) is 1. The van der Waals surface area contributed by atoms with E-state index in [-0.39, 0.29) is 23.6 Å². The first kappa shape index (κ1) is 18.0. The topological polar surface area (TPSA) is 105 Å². The van der Waals surface area contributed by atoms with Gasteiger partial charge in [-0.05, 0) is 38.0 Å². The number of rotatable bonds is 8. The van der Waals surface area contributed by atoms with E-state index in [9.17, 15) is 14.4 Å². The number of carbonyl (C=O) groups excluding carboxylic acids is 2. The van der Waals surface area contributed by atoms with Crippen LogP contribution in [0, 0.1) is 0 Å². The second-order valence-corrected chi connectivity index (χ2v) is 6.43. The van der Waals surface area contributed by atoms with Crippen LogP contribution in [0.15, 0.2) is 18.2 Å². The number of ether oxygens (including phenoxy) is 2. The lowest BCUT2D eigenvalue weighted by Gasteiger charge is -2.17. The molecule has 1 atom stereocenters. The second kappa shape index (κ2) is 7.63.